The molecule has 0 spiro atoms. The van der Waals surface area contributed by atoms with Gasteiger partial charge in [0.05, 0.1) is 6.42 Å². The molecule has 0 radical (unpaired) electrons. The lowest BCUT2D eigenvalue weighted by Gasteiger charge is -2.14. The van der Waals surface area contributed by atoms with Crippen molar-refractivity contribution in [1.29, 1.82) is 0 Å². The summed E-state index contributed by atoms with van der Waals surface area (Å²) in [5, 5.41) is 9.10. The molecule has 1 heterocycles. The van der Waals surface area contributed by atoms with E-state index >= 15 is 0 Å². The minimum Gasteiger partial charge on any atom is -0.308 e. The van der Waals surface area contributed by atoms with Gasteiger partial charge in [-0.3, -0.25) is 5.10 Å². The van der Waals surface area contributed by atoms with E-state index in [2.05, 4.69) is 15.5 Å². The van der Waals surface area contributed by atoms with E-state index < -0.39 is 18.6 Å². The molecule has 3 nitrogen and oxygen atoms in total. The average molecular weight is 207 g/mol. The standard InChI is InChI=1S/C8H12F3N3/c1-6(4-8(9,10)11)12-5-7-2-3-13-14-7/h2-3,6,12H,4-5H2,1H3,(H,13,14). The van der Waals surface area contributed by atoms with Crippen molar-refractivity contribution < 1.29 is 13.2 Å². The molecule has 14 heavy (non-hydrogen) atoms. The largest absolute Gasteiger partial charge is 0.390 e. The van der Waals surface area contributed by atoms with Gasteiger partial charge in [-0.1, -0.05) is 0 Å². The zero-order valence-electron chi connectivity index (χ0n) is 7.73. The Labute approximate surface area is 79.7 Å². The van der Waals surface area contributed by atoms with Crippen molar-refractivity contribution >= 4 is 0 Å². The third-order valence-corrected chi connectivity index (χ3v) is 1.74. The fourth-order valence-corrected chi connectivity index (χ4v) is 1.09. The number of aromatic amines is 1. The zero-order chi connectivity index (χ0) is 10.6. The van der Waals surface area contributed by atoms with Crippen LogP contribution in [0.5, 0.6) is 0 Å². The summed E-state index contributed by atoms with van der Waals surface area (Å²) in [5.74, 6) is 0. The highest BCUT2D eigenvalue weighted by molar-refractivity contribution is 4.96. The summed E-state index contributed by atoms with van der Waals surface area (Å²) in [5.41, 5.74) is 0.777. The van der Waals surface area contributed by atoms with Crippen molar-refractivity contribution in [2.45, 2.75) is 32.1 Å². The first-order chi connectivity index (χ1) is 6.47. The third kappa shape index (κ3) is 4.27. The molecule has 0 aliphatic rings. The van der Waals surface area contributed by atoms with E-state index in [9.17, 15) is 13.2 Å². The van der Waals surface area contributed by atoms with E-state index in [0.717, 1.165) is 5.69 Å². The Kier molecular flexibility index (Phi) is 3.51. The Morgan fingerprint density at radius 2 is 2.29 bits per heavy atom. The summed E-state index contributed by atoms with van der Waals surface area (Å²) in [6, 6.07) is 1.13. The van der Waals surface area contributed by atoms with E-state index in [0.29, 0.717) is 6.54 Å². The lowest BCUT2D eigenvalue weighted by molar-refractivity contribution is -0.139. The molecule has 0 amide bonds. The Morgan fingerprint density at radius 1 is 1.57 bits per heavy atom. The molecule has 0 bridgehead atoms. The van der Waals surface area contributed by atoms with E-state index in [1.165, 1.54) is 6.92 Å². The van der Waals surface area contributed by atoms with Crippen molar-refractivity contribution in [2.24, 2.45) is 0 Å². The molecule has 1 unspecified atom stereocenters. The van der Waals surface area contributed by atoms with Crippen LogP contribution >= 0.6 is 0 Å². The fourth-order valence-electron chi connectivity index (χ4n) is 1.09. The molecule has 0 aromatic carbocycles. The van der Waals surface area contributed by atoms with Crippen molar-refractivity contribution in [3.63, 3.8) is 0 Å². The summed E-state index contributed by atoms with van der Waals surface area (Å²) in [6.07, 6.45) is -3.37. The molecular formula is C8H12F3N3. The molecule has 0 aliphatic heterocycles. The second kappa shape index (κ2) is 4.45. The molecule has 2 N–H and O–H groups in total. The van der Waals surface area contributed by atoms with Crippen LogP contribution < -0.4 is 5.32 Å². The van der Waals surface area contributed by atoms with Crippen LogP contribution in [0.1, 0.15) is 19.0 Å². The molecule has 0 saturated carbocycles. The van der Waals surface area contributed by atoms with Crippen LogP contribution in [0, 0.1) is 0 Å². The van der Waals surface area contributed by atoms with Gasteiger partial charge in [0.25, 0.3) is 0 Å². The summed E-state index contributed by atoms with van der Waals surface area (Å²) in [7, 11) is 0. The van der Waals surface area contributed by atoms with Gasteiger partial charge in [0, 0.05) is 24.5 Å². The van der Waals surface area contributed by atoms with Crippen molar-refractivity contribution in [3.8, 4) is 0 Å². The number of nitrogens with one attached hydrogen (secondary N) is 2. The molecule has 1 rings (SSSR count). The summed E-state index contributed by atoms with van der Waals surface area (Å²) in [4.78, 5) is 0. The SMILES string of the molecule is CC(CC(F)(F)F)NCc1ccn[nH]1. The first-order valence-corrected chi connectivity index (χ1v) is 4.26. The summed E-state index contributed by atoms with van der Waals surface area (Å²) in [6.45, 7) is 1.88. The van der Waals surface area contributed by atoms with Gasteiger partial charge in [0.15, 0.2) is 0 Å². The number of aromatic nitrogens is 2. The Balaban J connectivity index is 2.25. The van der Waals surface area contributed by atoms with Crippen LogP contribution in [0.3, 0.4) is 0 Å². The van der Waals surface area contributed by atoms with Gasteiger partial charge in [-0.25, -0.2) is 0 Å². The molecule has 0 saturated heterocycles. The van der Waals surface area contributed by atoms with Crippen LogP contribution in [0.4, 0.5) is 13.2 Å². The quantitative estimate of drug-likeness (QED) is 0.790. The van der Waals surface area contributed by atoms with Gasteiger partial charge in [-0.2, -0.15) is 18.3 Å². The first kappa shape index (κ1) is 11.0. The third-order valence-electron chi connectivity index (χ3n) is 1.74. The van der Waals surface area contributed by atoms with Gasteiger partial charge in [0.2, 0.25) is 0 Å². The van der Waals surface area contributed by atoms with Crippen LogP contribution in [0.2, 0.25) is 0 Å². The Hall–Kier alpha value is -1.04. The smallest absolute Gasteiger partial charge is 0.308 e. The van der Waals surface area contributed by atoms with Crippen LogP contribution in [-0.4, -0.2) is 22.4 Å². The van der Waals surface area contributed by atoms with Gasteiger partial charge in [-0.15, -0.1) is 0 Å². The summed E-state index contributed by atoms with van der Waals surface area (Å²) < 4.78 is 35.7. The highest BCUT2D eigenvalue weighted by atomic mass is 19.4. The molecule has 0 fully saturated rings. The Morgan fingerprint density at radius 3 is 2.79 bits per heavy atom. The summed E-state index contributed by atoms with van der Waals surface area (Å²) >= 11 is 0. The fraction of sp³-hybridized carbons (Fsp3) is 0.625. The predicted octanol–water partition coefficient (Wildman–Crippen LogP) is 1.84. The molecule has 1 aromatic heterocycles. The maximum Gasteiger partial charge on any atom is 0.390 e. The van der Waals surface area contributed by atoms with Crippen molar-refractivity contribution in [1.82, 2.24) is 15.5 Å². The highest BCUT2D eigenvalue weighted by Crippen LogP contribution is 2.21. The molecule has 1 atom stereocenters. The molecule has 0 aliphatic carbocycles. The van der Waals surface area contributed by atoms with E-state index in [1.807, 2.05) is 0 Å². The first-order valence-electron chi connectivity index (χ1n) is 4.26. The van der Waals surface area contributed by atoms with Gasteiger partial charge in [-0.05, 0) is 13.0 Å². The van der Waals surface area contributed by atoms with Crippen LogP contribution in [0.15, 0.2) is 12.3 Å². The van der Waals surface area contributed by atoms with Gasteiger partial charge < -0.3 is 5.32 Å². The highest BCUT2D eigenvalue weighted by Gasteiger charge is 2.29. The number of H-pyrrole nitrogens is 1. The maximum absolute atomic E-state index is 11.9. The van der Waals surface area contributed by atoms with Gasteiger partial charge in [0.1, 0.15) is 0 Å². The number of hydrogen-bond acceptors (Lipinski definition) is 2. The van der Waals surface area contributed by atoms with Crippen LogP contribution in [-0.2, 0) is 6.54 Å². The van der Waals surface area contributed by atoms with E-state index in [-0.39, 0.29) is 0 Å². The number of hydrogen-bond donors (Lipinski definition) is 2. The van der Waals surface area contributed by atoms with Crippen molar-refractivity contribution in [2.75, 3.05) is 0 Å². The second-order valence-corrected chi connectivity index (χ2v) is 3.18. The molecular weight excluding hydrogens is 195 g/mol. The maximum atomic E-state index is 11.9. The lowest BCUT2D eigenvalue weighted by Crippen LogP contribution is -2.30. The number of alkyl halides is 3. The van der Waals surface area contributed by atoms with E-state index in [4.69, 9.17) is 0 Å². The van der Waals surface area contributed by atoms with Crippen molar-refractivity contribution in [3.05, 3.63) is 18.0 Å². The normalized spacial score (nSPS) is 14.3. The van der Waals surface area contributed by atoms with Gasteiger partial charge >= 0.3 is 6.18 Å². The topological polar surface area (TPSA) is 40.7 Å². The average Bonchev–Trinajstić information content (AvgIpc) is 2.49. The number of halogens is 3. The van der Waals surface area contributed by atoms with Crippen LogP contribution in [0.25, 0.3) is 0 Å². The predicted molar refractivity (Wildman–Crippen MR) is 45.6 cm³/mol. The minimum atomic E-state index is -4.11. The Bertz CT molecular complexity index is 255. The monoisotopic (exact) mass is 207 g/mol. The minimum absolute atomic E-state index is 0.372. The molecule has 80 valence electrons. The molecule has 1 aromatic rings. The second-order valence-electron chi connectivity index (χ2n) is 3.18. The lowest BCUT2D eigenvalue weighted by atomic mass is 10.2. The zero-order valence-corrected chi connectivity index (χ0v) is 7.73. The number of nitrogens with zero attached hydrogens (tertiary/aromatic N) is 1. The number of rotatable bonds is 4. The van der Waals surface area contributed by atoms with E-state index in [1.54, 1.807) is 12.3 Å². The molecule has 6 heteroatoms.